The molecule has 14 heavy (non-hydrogen) atoms. The van der Waals surface area contributed by atoms with Gasteiger partial charge in [-0.25, -0.2) is 0 Å². The van der Waals surface area contributed by atoms with E-state index in [2.05, 4.69) is 25.7 Å². The molecule has 1 saturated heterocycles. The molecule has 0 radical (unpaired) electrons. The third-order valence-corrected chi connectivity index (χ3v) is 3.45. The standard InChI is InChI=1S/C12H25NO/c1-4-5-6-12(14)7-9-13(10-8-12)11(2)3/h11,14H,4-10H2,1-3H3. The lowest BCUT2D eigenvalue weighted by molar-refractivity contribution is -0.0350. The Morgan fingerprint density at radius 2 is 1.86 bits per heavy atom. The lowest BCUT2D eigenvalue weighted by Gasteiger charge is -2.40. The van der Waals surface area contributed by atoms with Crippen LogP contribution in [0.5, 0.6) is 0 Å². The molecule has 0 atom stereocenters. The van der Waals surface area contributed by atoms with Crippen LogP contribution in [0.2, 0.25) is 0 Å². The third-order valence-electron chi connectivity index (χ3n) is 3.45. The van der Waals surface area contributed by atoms with Crippen LogP contribution in [0.15, 0.2) is 0 Å². The Labute approximate surface area is 88.3 Å². The molecule has 84 valence electrons. The van der Waals surface area contributed by atoms with Crippen LogP contribution in [0.25, 0.3) is 0 Å². The van der Waals surface area contributed by atoms with E-state index in [9.17, 15) is 5.11 Å². The van der Waals surface area contributed by atoms with E-state index in [0.29, 0.717) is 6.04 Å². The summed E-state index contributed by atoms with van der Waals surface area (Å²) in [6.07, 6.45) is 5.28. The molecule has 0 unspecified atom stereocenters. The maximum Gasteiger partial charge on any atom is 0.0672 e. The van der Waals surface area contributed by atoms with Gasteiger partial charge in [0.15, 0.2) is 0 Å². The topological polar surface area (TPSA) is 23.5 Å². The lowest BCUT2D eigenvalue weighted by Crippen LogP contribution is -2.46. The SMILES string of the molecule is CCCCC1(O)CCN(C(C)C)CC1. The second-order valence-corrected chi connectivity index (χ2v) is 4.96. The first-order chi connectivity index (χ1) is 6.57. The van der Waals surface area contributed by atoms with Gasteiger partial charge in [-0.3, -0.25) is 0 Å². The molecule has 0 saturated carbocycles. The Morgan fingerprint density at radius 1 is 1.29 bits per heavy atom. The van der Waals surface area contributed by atoms with Crippen molar-refractivity contribution in [1.82, 2.24) is 4.90 Å². The van der Waals surface area contributed by atoms with Gasteiger partial charge < -0.3 is 10.0 Å². The summed E-state index contributed by atoms with van der Waals surface area (Å²) in [6, 6.07) is 0.630. The molecule has 2 nitrogen and oxygen atoms in total. The fourth-order valence-corrected chi connectivity index (χ4v) is 2.21. The molecule has 0 spiro atoms. The summed E-state index contributed by atoms with van der Waals surface area (Å²) < 4.78 is 0. The van der Waals surface area contributed by atoms with E-state index in [1.165, 1.54) is 6.42 Å². The van der Waals surface area contributed by atoms with Gasteiger partial charge in [-0.1, -0.05) is 19.8 Å². The van der Waals surface area contributed by atoms with Gasteiger partial charge in [0.25, 0.3) is 0 Å². The van der Waals surface area contributed by atoms with Crippen molar-refractivity contribution in [2.75, 3.05) is 13.1 Å². The zero-order chi connectivity index (χ0) is 10.6. The normalized spacial score (nSPS) is 22.9. The molecule has 1 aliphatic rings. The maximum absolute atomic E-state index is 10.3. The van der Waals surface area contributed by atoms with E-state index < -0.39 is 0 Å². The smallest absolute Gasteiger partial charge is 0.0672 e. The molecule has 0 amide bonds. The summed E-state index contributed by atoms with van der Waals surface area (Å²) in [6.45, 7) is 8.79. The van der Waals surface area contributed by atoms with E-state index in [0.717, 1.165) is 38.8 Å². The van der Waals surface area contributed by atoms with Crippen LogP contribution in [-0.2, 0) is 0 Å². The second kappa shape index (κ2) is 5.13. The molecule has 1 heterocycles. The Kier molecular flexibility index (Phi) is 4.39. The van der Waals surface area contributed by atoms with Gasteiger partial charge in [0, 0.05) is 19.1 Å². The molecule has 1 fully saturated rings. The summed E-state index contributed by atoms with van der Waals surface area (Å²) in [5.74, 6) is 0. The number of likely N-dealkylation sites (tertiary alicyclic amines) is 1. The first-order valence-electron chi connectivity index (χ1n) is 6.04. The lowest BCUT2D eigenvalue weighted by atomic mass is 9.86. The Hall–Kier alpha value is -0.0800. The van der Waals surface area contributed by atoms with E-state index in [1.807, 2.05) is 0 Å². The van der Waals surface area contributed by atoms with E-state index in [-0.39, 0.29) is 5.60 Å². The number of hydrogen-bond acceptors (Lipinski definition) is 2. The number of rotatable bonds is 4. The number of unbranched alkanes of at least 4 members (excludes halogenated alkanes) is 1. The van der Waals surface area contributed by atoms with Gasteiger partial charge in [0.05, 0.1) is 5.60 Å². The Bertz CT molecular complexity index is 160. The number of piperidine rings is 1. The van der Waals surface area contributed by atoms with Crippen LogP contribution >= 0.6 is 0 Å². The van der Waals surface area contributed by atoms with E-state index >= 15 is 0 Å². The minimum atomic E-state index is -0.346. The van der Waals surface area contributed by atoms with Crippen LogP contribution < -0.4 is 0 Å². The number of nitrogens with zero attached hydrogens (tertiary/aromatic N) is 1. The molecule has 1 N–H and O–H groups in total. The van der Waals surface area contributed by atoms with Crippen molar-refractivity contribution >= 4 is 0 Å². The fourth-order valence-electron chi connectivity index (χ4n) is 2.21. The van der Waals surface area contributed by atoms with Crippen LogP contribution in [0, 0.1) is 0 Å². The van der Waals surface area contributed by atoms with Crippen LogP contribution in [0.1, 0.15) is 52.9 Å². The second-order valence-electron chi connectivity index (χ2n) is 4.96. The average molecular weight is 199 g/mol. The first-order valence-corrected chi connectivity index (χ1v) is 6.04. The van der Waals surface area contributed by atoms with Crippen molar-refractivity contribution in [1.29, 1.82) is 0 Å². The summed E-state index contributed by atoms with van der Waals surface area (Å²) in [5.41, 5.74) is -0.346. The zero-order valence-electron chi connectivity index (χ0n) is 9.92. The third kappa shape index (κ3) is 3.25. The van der Waals surface area contributed by atoms with E-state index in [4.69, 9.17) is 0 Å². The van der Waals surface area contributed by atoms with Crippen LogP contribution in [0.3, 0.4) is 0 Å². The van der Waals surface area contributed by atoms with Crippen molar-refractivity contribution in [3.63, 3.8) is 0 Å². The highest BCUT2D eigenvalue weighted by atomic mass is 16.3. The van der Waals surface area contributed by atoms with Crippen LogP contribution in [-0.4, -0.2) is 34.7 Å². The van der Waals surface area contributed by atoms with Gasteiger partial charge in [0.1, 0.15) is 0 Å². The summed E-state index contributed by atoms with van der Waals surface area (Å²) in [5, 5.41) is 10.3. The summed E-state index contributed by atoms with van der Waals surface area (Å²) >= 11 is 0. The monoisotopic (exact) mass is 199 g/mol. The average Bonchev–Trinajstić information content (AvgIpc) is 2.16. The van der Waals surface area contributed by atoms with E-state index in [1.54, 1.807) is 0 Å². The molecule has 1 aliphatic heterocycles. The zero-order valence-corrected chi connectivity index (χ0v) is 9.92. The van der Waals surface area contributed by atoms with Crippen LogP contribution in [0.4, 0.5) is 0 Å². The maximum atomic E-state index is 10.3. The number of aliphatic hydroxyl groups is 1. The van der Waals surface area contributed by atoms with Crippen molar-refractivity contribution in [3.05, 3.63) is 0 Å². The minimum absolute atomic E-state index is 0.346. The van der Waals surface area contributed by atoms with Crippen molar-refractivity contribution in [3.8, 4) is 0 Å². The molecule has 1 rings (SSSR count). The molecule has 0 aromatic heterocycles. The largest absolute Gasteiger partial charge is 0.390 e. The van der Waals surface area contributed by atoms with Crippen molar-refractivity contribution in [2.24, 2.45) is 0 Å². The number of hydrogen-bond donors (Lipinski definition) is 1. The summed E-state index contributed by atoms with van der Waals surface area (Å²) in [4.78, 5) is 2.46. The first kappa shape index (κ1) is 12.0. The quantitative estimate of drug-likeness (QED) is 0.751. The van der Waals surface area contributed by atoms with Gasteiger partial charge in [-0.05, 0) is 33.1 Å². The highest BCUT2D eigenvalue weighted by molar-refractivity contribution is 4.86. The molecule has 0 aromatic carbocycles. The molecule has 0 aromatic rings. The minimum Gasteiger partial charge on any atom is -0.390 e. The fraction of sp³-hybridized carbons (Fsp3) is 1.00. The van der Waals surface area contributed by atoms with Gasteiger partial charge in [0.2, 0.25) is 0 Å². The molecule has 2 heteroatoms. The van der Waals surface area contributed by atoms with Crippen molar-refractivity contribution in [2.45, 2.75) is 64.5 Å². The van der Waals surface area contributed by atoms with Gasteiger partial charge in [-0.15, -0.1) is 0 Å². The Morgan fingerprint density at radius 3 is 2.29 bits per heavy atom. The summed E-state index contributed by atoms with van der Waals surface area (Å²) in [7, 11) is 0. The highest BCUT2D eigenvalue weighted by Gasteiger charge is 2.31. The highest BCUT2D eigenvalue weighted by Crippen LogP contribution is 2.28. The molecular formula is C12H25NO. The Balaban J connectivity index is 2.33. The van der Waals surface area contributed by atoms with Gasteiger partial charge in [-0.2, -0.15) is 0 Å². The van der Waals surface area contributed by atoms with Crippen molar-refractivity contribution < 1.29 is 5.11 Å². The molecule has 0 aliphatic carbocycles. The molecular weight excluding hydrogens is 174 g/mol. The predicted molar refractivity (Wildman–Crippen MR) is 60.4 cm³/mol. The molecule has 0 bridgehead atoms. The predicted octanol–water partition coefficient (Wildman–Crippen LogP) is 2.41. The van der Waals surface area contributed by atoms with Gasteiger partial charge >= 0.3 is 0 Å².